The third-order valence-corrected chi connectivity index (χ3v) is 4.70. The third kappa shape index (κ3) is 6.65. The average molecular weight is 509 g/mol. The summed E-state index contributed by atoms with van der Waals surface area (Å²) in [5.74, 6) is -0.850. The van der Waals surface area contributed by atoms with Crippen molar-refractivity contribution >= 4 is 58.0 Å². The average Bonchev–Trinajstić information content (AvgIpc) is 3.28. The number of thiocarbonyl (C=S) groups is 1. The van der Waals surface area contributed by atoms with Gasteiger partial charge < -0.3 is 9.15 Å². The van der Waals surface area contributed by atoms with Crippen LogP contribution in [-0.2, 0) is 4.79 Å². The van der Waals surface area contributed by atoms with Crippen molar-refractivity contribution in [3.8, 4) is 17.1 Å². The van der Waals surface area contributed by atoms with Gasteiger partial charge in [0.2, 0.25) is 0 Å². The van der Waals surface area contributed by atoms with Crippen molar-refractivity contribution < 1.29 is 23.7 Å². The highest BCUT2D eigenvalue weighted by atomic mass is 35.5. The molecule has 3 rings (SSSR count). The molecule has 0 spiro atoms. The maximum absolute atomic E-state index is 12.3. The van der Waals surface area contributed by atoms with E-state index >= 15 is 0 Å². The second-order valence-electron chi connectivity index (χ2n) is 6.29. The number of rotatable bonds is 6. The molecule has 0 radical (unpaired) electrons. The summed E-state index contributed by atoms with van der Waals surface area (Å²) < 4.78 is 10.7. The molecule has 0 aliphatic heterocycles. The van der Waals surface area contributed by atoms with Gasteiger partial charge in [0.05, 0.1) is 9.95 Å². The van der Waals surface area contributed by atoms with Gasteiger partial charge >= 0.3 is 0 Å². The van der Waals surface area contributed by atoms with Gasteiger partial charge in [-0.2, -0.15) is 0 Å². The molecule has 0 unspecified atom stereocenters. The summed E-state index contributed by atoms with van der Waals surface area (Å²) >= 11 is 16.7. The Hall–Kier alpha value is -3.67. The maximum Gasteiger partial charge on any atom is 0.293 e. The molecule has 3 aromatic rings. The lowest BCUT2D eigenvalue weighted by atomic mass is 10.1. The zero-order chi connectivity index (χ0) is 24.0. The lowest BCUT2D eigenvalue weighted by molar-refractivity contribution is -0.384. The van der Waals surface area contributed by atoms with Crippen molar-refractivity contribution in [1.82, 2.24) is 16.2 Å². The summed E-state index contributed by atoms with van der Waals surface area (Å²) in [5, 5.41) is 13.7. The third-order valence-electron chi connectivity index (χ3n) is 3.97. The SMILES string of the molecule is O=C(COc1ccc(Cl)cc1Cl)NNC(=S)NC(=O)c1ccc(-c2cccc([N+](=O)[O-])c2)o1. The van der Waals surface area contributed by atoms with Crippen molar-refractivity contribution in [2.75, 3.05) is 6.61 Å². The summed E-state index contributed by atoms with van der Waals surface area (Å²) in [4.78, 5) is 34.6. The number of hydrogen-bond acceptors (Lipinski definition) is 7. The number of halogens is 2. The van der Waals surface area contributed by atoms with E-state index in [1.165, 1.54) is 42.5 Å². The Balaban J connectivity index is 1.48. The second kappa shape index (κ2) is 10.8. The van der Waals surface area contributed by atoms with E-state index in [-0.39, 0.29) is 39.7 Å². The highest BCUT2D eigenvalue weighted by Crippen LogP contribution is 2.27. The van der Waals surface area contributed by atoms with Gasteiger partial charge in [-0.1, -0.05) is 35.3 Å². The highest BCUT2D eigenvalue weighted by Gasteiger charge is 2.16. The minimum atomic E-state index is -0.692. The molecule has 2 amide bonds. The molecule has 1 heterocycles. The lowest BCUT2D eigenvalue weighted by Crippen LogP contribution is -2.49. The Morgan fingerprint density at radius 2 is 1.88 bits per heavy atom. The number of furan rings is 1. The zero-order valence-corrected chi connectivity index (χ0v) is 18.8. The number of nitrogens with one attached hydrogen (secondary N) is 3. The first-order valence-corrected chi connectivity index (χ1v) is 10.2. The number of nitro groups is 1. The van der Waals surface area contributed by atoms with Crippen molar-refractivity contribution in [3.05, 3.63) is 80.5 Å². The van der Waals surface area contributed by atoms with Crippen LogP contribution in [0.4, 0.5) is 5.69 Å². The van der Waals surface area contributed by atoms with Crippen LogP contribution in [0, 0.1) is 10.1 Å². The Morgan fingerprint density at radius 3 is 2.61 bits per heavy atom. The number of carbonyl (C=O) groups excluding carboxylic acids is 2. The number of non-ortho nitro benzene ring substituents is 1. The predicted octanol–water partition coefficient (Wildman–Crippen LogP) is 3.88. The smallest absolute Gasteiger partial charge is 0.293 e. The van der Waals surface area contributed by atoms with E-state index in [1.54, 1.807) is 12.1 Å². The number of hydrogen-bond donors (Lipinski definition) is 3. The van der Waals surface area contributed by atoms with Crippen LogP contribution in [0.1, 0.15) is 10.6 Å². The lowest BCUT2D eigenvalue weighted by Gasteiger charge is -2.11. The molecule has 2 aromatic carbocycles. The van der Waals surface area contributed by atoms with Crippen LogP contribution in [0.3, 0.4) is 0 Å². The van der Waals surface area contributed by atoms with Gasteiger partial charge in [-0.25, -0.2) is 0 Å². The summed E-state index contributed by atoms with van der Waals surface area (Å²) in [7, 11) is 0. The Labute approximate surface area is 201 Å². The van der Waals surface area contributed by atoms with Crippen LogP contribution in [0.25, 0.3) is 11.3 Å². The van der Waals surface area contributed by atoms with Crippen LogP contribution in [-0.4, -0.2) is 28.5 Å². The second-order valence-corrected chi connectivity index (χ2v) is 7.54. The van der Waals surface area contributed by atoms with Crippen molar-refractivity contribution in [1.29, 1.82) is 0 Å². The number of carbonyl (C=O) groups is 2. The van der Waals surface area contributed by atoms with E-state index < -0.39 is 16.7 Å². The normalized spacial score (nSPS) is 10.2. The van der Waals surface area contributed by atoms with Crippen molar-refractivity contribution in [2.24, 2.45) is 0 Å². The largest absolute Gasteiger partial charge is 0.482 e. The van der Waals surface area contributed by atoms with Crippen molar-refractivity contribution in [3.63, 3.8) is 0 Å². The Kier molecular flexibility index (Phi) is 7.83. The fourth-order valence-electron chi connectivity index (χ4n) is 2.48. The van der Waals surface area contributed by atoms with E-state index in [2.05, 4.69) is 16.2 Å². The Morgan fingerprint density at radius 1 is 1.09 bits per heavy atom. The molecule has 1 aromatic heterocycles. The van der Waals surface area contributed by atoms with Crippen LogP contribution in [0.5, 0.6) is 5.75 Å². The van der Waals surface area contributed by atoms with Gasteiger partial charge in [-0.3, -0.25) is 35.9 Å². The molecule has 3 N–H and O–H groups in total. The molecule has 0 atom stereocenters. The minimum absolute atomic E-state index is 0.0901. The molecule has 0 bridgehead atoms. The number of benzene rings is 2. The first-order chi connectivity index (χ1) is 15.7. The van der Waals surface area contributed by atoms with E-state index in [4.69, 9.17) is 44.6 Å². The van der Waals surface area contributed by atoms with Crippen LogP contribution in [0.15, 0.2) is 59.0 Å². The van der Waals surface area contributed by atoms with E-state index in [0.717, 1.165) is 0 Å². The molecular weight excluding hydrogens is 495 g/mol. The Bertz CT molecular complexity index is 1230. The molecule has 0 aliphatic rings. The molecular formula is C20H14Cl2N4O6S. The number of nitrogens with zero attached hydrogens (tertiary/aromatic N) is 1. The maximum atomic E-state index is 12.3. The summed E-state index contributed by atoms with van der Waals surface area (Å²) in [6.45, 7) is -0.379. The molecule has 10 nitrogen and oxygen atoms in total. The standard InChI is InChI=1S/C20H14Cl2N4O6S/c21-12-4-5-16(14(22)9-12)31-10-18(27)24-25-20(33)23-19(28)17-7-6-15(32-17)11-2-1-3-13(8-11)26(29)30/h1-9H,10H2,(H,24,27)(H2,23,25,28,33). The van der Waals surface area contributed by atoms with Crippen molar-refractivity contribution in [2.45, 2.75) is 0 Å². The topological polar surface area (TPSA) is 136 Å². The van der Waals surface area contributed by atoms with E-state index in [0.29, 0.717) is 10.6 Å². The summed E-state index contributed by atoms with van der Waals surface area (Å²) in [5.41, 5.74) is 4.92. The zero-order valence-electron chi connectivity index (χ0n) is 16.5. The van der Waals surface area contributed by atoms with Gasteiger partial charge in [0, 0.05) is 22.7 Å². The molecule has 33 heavy (non-hydrogen) atoms. The fourth-order valence-corrected chi connectivity index (χ4v) is 3.09. The highest BCUT2D eigenvalue weighted by molar-refractivity contribution is 7.80. The quantitative estimate of drug-likeness (QED) is 0.259. The molecule has 170 valence electrons. The summed E-state index contributed by atoms with van der Waals surface area (Å²) in [6.07, 6.45) is 0. The number of amides is 2. The first-order valence-electron chi connectivity index (χ1n) is 9.05. The fraction of sp³-hybridized carbons (Fsp3) is 0.0500. The van der Waals surface area contributed by atoms with Gasteiger partial charge in [-0.15, -0.1) is 0 Å². The predicted molar refractivity (Wildman–Crippen MR) is 124 cm³/mol. The van der Waals surface area contributed by atoms with Crippen LogP contribution < -0.4 is 20.9 Å². The van der Waals surface area contributed by atoms with Gasteiger partial charge in [0.15, 0.2) is 17.5 Å². The van der Waals surface area contributed by atoms with E-state index in [1.807, 2.05) is 0 Å². The van der Waals surface area contributed by atoms with Crippen LogP contribution >= 0.6 is 35.4 Å². The van der Waals surface area contributed by atoms with Crippen LogP contribution in [0.2, 0.25) is 10.0 Å². The minimum Gasteiger partial charge on any atom is -0.482 e. The first kappa shape index (κ1) is 24.0. The monoisotopic (exact) mass is 508 g/mol. The van der Waals surface area contributed by atoms with E-state index in [9.17, 15) is 19.7 Å². The number of ether oxygens (including phenoxy) is 1. The number of hydrazine groups is 1. The number of nitro benzene ring substituents is 1. The molecule has 0 aliphatic carbocycles. The van der Waals surface area contributed by atoms with Gasteiger partial charge in [0.1, 0.15) is 11.5 Å². The summed E-state index contributed by atoms with van der Waals surface area (Å²) in [6, 6.07) is 13.2. The molecule has 0 saturated heterocycles. The molecule has 0 fully saturated rings. The van der Waals surface area contributed by atoms with Gasteiger partial charge in [0.25, 0.3) is 17.5 Å². The molecule has 13 heteroatoms. The molecule has 0 saturated carbocycles. The van der Waals surface area contributed by atoms with Gasteiger partial charge in [-0.05, 0) is 42.5 Å².